The van der Waals surface area contributed by atoms with Crippen molar-refractivity contribution >= 4 is 23.2 Å². The van der Waals surface area contributed by atoms with E-state index in [1.807, 2.05) is 51.9 Å². The predicted octanol–water partition coefficient (Wildman–Crippen LogP) is 3.38. The zero-order chi connectivity index (χ0) is 24.2. The minimum atomic E-state index is -0.536. The average molecular weight is 455 g/mol. The normalized spacial score (nSPS) is 15.1. The third kappa shape index (κ3) is 6.35. The molecule has 3 rings (SSSR count). The Balaban J connectivity index is 1.79. The molecular weight excluding hydrogens is 416 g/mol. The fraction of sp³-hybridized carbons (Fsp3) is 0.560. The van der Waals surface area contributed by atoms with Crippen molar-refractivity contribution in [3.63, 3.8) is 0 Å². The second kappa shape index (κ2) is 10.4. The molecule has 0 unspecified atom stereocenters. The molecule has 8 heteroatoms. The molecule has 0 atom stereocenters. The zero-order valence-corrected chi connectivity index (χ0v) is 20.8. The molecule has 0 radical (unpaired) electrons. The Morgan fingerprint density at radius 1 is 1.21 bits per heavy atom. The number of H-pyrrole nitrogens is 1. The molecule has 1 aromatic carbocycles. The van der Waals surface area contributed by atoms with E-state index in [2.05, 4.69) is 32.4 Å². The minimum absolute atomic E-state index is 0.0732. The number of imidazole rings is 1. The molecule has 2 heterocycles. The van der Waals surface area contributed by atoms with Gasteiger partial charge in [-0.3, -0.25) is 9.59 Å². The number of anilines is 2. The van der Waals surface area contributed by atoms with Crippen LogP contribution in [0.3, 0.4) is 0 Å². The number of carbonyl (C=O) groups is 2. The quantitative estimate of drug-likeness (QED) is 0.596. The van der Waals surface area contributed by atoms with Crippen LogP contribution in [-0.2, 0) is 4.79 Å². The lowest BCUT2D eigenvalue weighted by molar-refractivity contribution is -0.123. The summed E-state index contributed by atoms with van der Waals surface area (Å²) < 4.78 is 0. The van der Waals surface area contributed by atoms with Crippen LogP contribution in [0.4, 0.5) is 11.4 Å². The highest BCUT2D eigenvalue weighted by Crippen LogP contribution is 2.35. The highest BCUT2D eigenvalue weighted by molar-refractivity contribution is 6.01. The number of likely N-dealkylation sites (N-methyl/N-ethyl adjacent to an activating group) is 1. The molecule has 8 nitrogen and oxygen atoms in total. The number of aromatic amines is 1. The molecule has 1 fully saturated rings. The second-order valence-electron chi connectivity index (χ2n) is 10.2. The number of aromatic nitrogens is 2. The molecule has 2 amide bonds. The van der Waals surface area contributed by atoms with Gasteiger partial charge >= 0.3 is 0 Å². The van der Waals surface area contributed by atoms with E-state index >= 15 is 0 Å². The summed E-state index contributed by atoms with van der Waals surface area (Å²) in [6.07, 6.45) is 3.75. The van der Waals surface area contributed by atoms with Crippen LogP contribution in [0.5, 0.6) is 0 Å². The summed E-state index contributed by atoms with van der Waals surface area (Å²) in [5.74, 6) is 0.222. The number of piperidine rings is 1. The van der Waals surface area contributed by atoms with E-state index in [1.165, 1.54) is 0 Å². The third-order valence-electron chi connectivity index (χ3n) is 6.12. The summed E-state index contributed by atoms with van der Waals surface area (Å²) in [6.45, 7) is 10.8. The number of carbonyl (C=O) groups excluding carboxylic acids is 2. The van der Waals surface area contributed by atoms with Crippen molar-refractivity contribution in [2.75, 3.05) is 50.5 Å². The van der Waals surface area contributed by atoms with Crippen molar-refractivity contribution in [1.82, 2.24) is 20.2 Å². The second-order valence-corrected chi connectivity index (χ2v) is 10.2. The van der Waals surface area contributed by atoms with E-state index in [0.717, 1.165) is 49.6 Å². The molecular formula is C25H38N6O2. The van der Waals surface area contributed by atoms with E-state index < -0.39 is 5.41 Å². The summed E-state index contributed by atoms with van der Waals surface area (Å²) in [7, 11) is 3.94. The minimum Gasteiger partial charge on any atom is -0.370 e. The fourth-order valence-corrected chi connectivity index (χ4v) is 4.03. The van der Waals surface area contributed by atoms with E-state index in [0.29, 0.717) is 23.7 Å². The Bertz CT molecular complexity index is 968. The molecule has 1 aliphatic rings. The lowest BCUT2D eigenvalue weighted by Crippen LogP contribution is -2.35. The number of hydrogen-bond donors (Lipinski definition) is 3. The first-order chi connectivity index (χ1) is 15.6. The van der Waals surface area contributed by atoms with Crippen molar-refractivity contribution in [2.45, 2.75) is 46.5 Å². The number of nitrogens with zero attached hydrogens (tertiary/aromatic N) is 3. The van der Waals surface area contributed by atoms with Gasteiger partial charge in [0.25, 0.3) is 5.91 Å². The summed E-state index contributed by atoms with van der Waals surface area (Å²) >= 11 is 0. The largest absolute Gasteiger partial charge is 0.370 e. The molecule has 0 spiro atoms. The summed E-state index contributed by atoms with van der Waals surface area (Å²) in [6, 6.07) is 5.60. The summed E-state index contributed by atoms with van der Waals surface area (Å²) in [5, 5.41) is 6.03. The zero-order valence-electron chi connectivity index (χ0n) is 20.8. The third-order valence-corrected chi connectivity index (χ3v) is 6.12. The van der Waals surface area contributed by atoms with Gasteiger partial charge in [-0.2, -0.15) is 0 Å². The first kappa shape index (κ1) is 24.8. The van der Waals surface area contributed by atoms with Gasteiger partial charge in [-0.15, -0.1) is 0 Å². The van der Waals surface area contributed by atoms with Gasteiger partial charge in [-0.05, 0) is 52.1 Å². The maximum absolute atomic E-state index is 12.8. The SMILES string of the molecule is Cc1[nH]cnc1C1CCN(c2ccc(C(=O)NCCN(C)C)cc2NC(=O)C(C)(C)C)CC1. The van der Waals surface area contributed by atoms with Crippen LogP contribution >= 0.6 is 0 Å². The molecule has 1 saturated heterocycles. The molecule has 0 aliphatic carbocycles. The highest BCUT2D eigenvalue weighted by atomic mass is 16.2. The number of hydrogen-bond acceptors (Lipinski definition) is 5. The van der Waals surface area contributed by atoms with Crippen molar-refractivity contribution in [3.8, 4) is 0 Å². The molecule has 0 bridgehead atoms. The van der Waals surface area contributed by atoms with E-state index in [4.69, 9.17) is 0 Å². The van der Waals surface area contributed by atoms with Crippen molar-refractivity contribution in [3.05, 3.63) is 41.5 Å². The molecule has 2 aromatic rings. The maximum Gasteiger partial charge on any atom is 0.251 e. The number of nitrogens with one attached hydrogen (secondary N) is 3. The number of amides is 2. The maximum atomic E-state index is 12.8. The number of rotatable bonds is 7. The molecule has 33 heavy (non-hydrogen) atoms. The standard InChI is InChI=1S/C25H38N6O2/c1-17-22(28-16-27-17)18-9-12-31(13-10-18)21-8-7-19(23(32)26-11-14-30(5)6)15-20(21)29-24(33)25(2,3)4/h7-8,15-16,18H,9-14H2,1-6H3,(H,26,32)(H,27,28)(H,29,33). The van der Waals surface area contributed by atoms with E-state index in [1.54, 1.807) is 12.4 Å². The summed E-state index contributed by atoms with van der Waals surface area (Å²) in [5.41, 5.74) is 3.94. The highest BCUT2D eigenvalue weighted by Gasteiger charge is 2.27. The summed E-state index contributed by atoms with van der Waals surface area (Å²) in [4.78, 5) is 37.5. The van der Waals surface area contributed by atoms with Crippen LogP contribution in [-0.4, -0.2) is 67.0 Å². The Hall–Kier alpha value is -2.87. The lowest BCUT2D eigenvalue weighted by atomic mass is 9.92. The van der Waals surface area contributed by atoms with Crippen LogP contribution in [0, 0.1) is 12.3 Å². The monoisotopic (exact) mass is 454 g/mol. The van der Waals surface area contributed by atoms with Crippen LogP contribution in [0.2, 0.25) is 0 Å². The van der Waals surface area contributed by atoms with Crippen LogP contribution in [0.1, 0.15) is 61.3 Å². The Morgan fingerprint density at radius 3 is 2.48 bits per heavy atom. The molecule has 0 saturated carbocycles. The number of benzene rings is 1. The van der Waals surface area contributed by atoms with Gasteiger partial charge in [-0.1, -0.05) is 20.8 Å². The smallest absolute Gasteiger partial charge is 0.251 e. The lowest BCUT2D eigenvalue weighted by Gasteiger charge is -2.35. The molecule has 180 valence electrons. The first-order valence-corrected chi connectivity index (χ1v) is 11.7. The average Bonchev–Trinajstić information content (AvgIpc) is 3.18. The topological polar surface area (TPSA) is 93.4 Å². The molecule has 1 aliphatic heterocycles. The molecule has 1 aromatic heterocycles. The van der Waals surface area contributed by atoms with Crippen LogP contribution in [0.15, 0.2) is 24.5 Å². The Kier molecular flexibility index (Phi) is 7.79. The molecule has 3 N–H and O–H groups in total. The van der Waals surface area contributed by atoms with Crippen molar-refractivity contribution in [1.29, 1.82) is 0 Å². The Labute approximate surface area is 197 Å². The predicted molar refractivity (Wildman–Crippen MR) is 133 cm³/mol. The fourth-order valence-electron chi connectivity index (χ4n) is 4.03. The van der Waals surface area contributed by atoms with Gasteiger partial charge < -0.3 is 25.4 Å². The van der Waals surface area contributed by atoms with Gasteiger partial charge in [0.1, 0.15) is 0 Å². The van der Waals surface area contributed by atoms with Gasteiger partial charge in [0.2, 0.25) is 5.91 Å². The van der Waals surface area contributed by atoms with E-state index in [-0.39, 0.29) is 11.8 Å². The first-order valence-electron chi connectivity index (χ1n) is 11.7. The number of aryl methyl sites for hydroxylation is 1. The van der Waals surface area contributed by atoms with Gasteiger partial charge in [0.15, 0.2) is 0 Å². The van der Waals surface area contributed by atoms with Crippen LogP contribution in [0.25, 0.3) is 0 Å². The van der Waals surface area contributed by atoms with Crippen LogP contribution < -0.4 is 15.5 Å². The Morgan fingerprint density at radius 2 is 1.91 bits per heavy atom. The van der Waals surface area contributed by atoms with Crippen molar-refractivity contribution in [2.24, 2.45) is 5.41 Å². The van der Waals surface area contributed by atoms with Gasteiger partial charge in [0, 0.05) is 48.8 Å². The van der Waals surface area contributed by atoms with E-state index in [9.17, 15) is 9.59 Å². The van der Waals surface area contributed by atoms with Crippen molar-refractivity contribution < 1.29 is 9.59 Å². The van der Waals surface area contributed by atoms with Gasteiger partial charge in [-0.25, -0.2) is 4.98 Å². The van der Waals surface area contributed by atoms with Gasteiger partial charge in [0.05, 0.1) is 23.4 Å².